The first kappa shape index (κ1) is 60.4. The number of fused-ring (bicyclic) bond motifs is 1. The molecular weight excluding hydrogens is 1100 g/mol. The molecule has 2 aliphatic carbocycles. The van der Waals surface area contributed by atoms with Crippen LogP contribution in [0.2, 0.25) is 0 Å². The molecule has 0 unspecified atom stereocenters. The molecule has 2 aliphatic rings. The van der Waals surface area contributed by atoms with E-state index in [0.29, 0.717) is 16.0 Å². The normalized spacial score (nSPS) is 16.3. The van der Waals surface area contributed by atoms with Gasteiger partial charge in [0.1, 0.15) is 21.7 Å². The van der Waals surface area contributed by atoms with Crippen molar-refractivity contribution in [2.75, 3.05) is 27.2 Å². The van der Waals surface area contributed by atoms with Gasteiger partial charge in [-0.25, -0.2) is 24.2 Å². The molecule has 0 radical (unpaired) electrons. The molecule has 0 spiro atoms. The second-order valence-electron chi connectivity index (χ2n) is 17.8. The summed E-state index contributed by atoms with van der Waals surface area (Å²) in [5, 5.41) is 17.9. The van der Waals surface area contributed by atoms with Crippen molar-refractivity contribution >= 4 is 80.1 Å². The third-order valence-electron chi connectivity index (χ3n) is 12.5. The van der Waals surface area contributed by atoms with E-state index in [-0.39, 0.29) is 108 Å². The summed E-state index contributed by atoms with van der Waals surface area (Å²) in [4.78, 5) is 105. The summed E-state index contributed by atoms with van der Waals surface area (Å²) in [6, 6.07) is 19.6. The van der Waals surface area contributed by atoms with Gasteiger partial charge in [-0.05, 0) is 112 Å². The van der Waals surface area contributed by atoms with Crippen LogP contribution in [0.4, 0.5) is 10.8 Å². The van der Waals surface area contributed by atoms with Crippen LogP contribution in [-0.2, 0) is 57.3 Å². The number of carbonyl (C=O) groups is 8. The first-order valence-corrected chi connectivity index (χ1v) is 26.2. The molecule has 0 amide bonds. The number of hydrogen-bond acceptors (Lipinski definition) is 25. The number of benzene rings is 4. The van der Waals surface area contributed by atoms with Crippen LogP contribution in [0.25, 0.3) is 10.2 Å². The van der Waals surface area contributed by atoms with Crippen LogP contribution in [0.3, 0.4) is 0 Å². The van der Waals surface area contributed by atoms with Crippen LogP contribution in [0.5, 0.6) is 46.0 Å². The molecule has 1 heterocycles. The van der Waals surface area contributed by atoms with Gasteiger partial charge < -0.3 is 56.8 Å². The molecule has 0 bridgehead atoms. The summed E-state index contributed by atoms with van der Waals surface area (Å²) in [5.74, 6) is -7.27. The van der Waals surface area contributed by atoms with Gasteiger partial charge in [-0.3, -0.25) is 19.2 Å². The Balaban J connectivity index is 0.977. The van der Waals surface area contributed by atoms with Gasteiger partial charge in [0.15, 0.2) is 34.5 Å². The molecule has 2 saturated carbocycles. The smallest absolute Gasteiger partial charge is 0.333 e. The van der Waals surface area contributed by atoms with Gasteiger partial charge in [0.2, 0.25) is 32.3 Å². The zero-order chi connectivity index (χ0) is 59.3. The van der Waals surface area contributed by atoms with Crippen LogP contribution in [-0.4, -0.2) is 79.9 Å². The van der Waals surface area contributed by atoms with Gasteiger partial charge in [0.05, 0.1) is 41.0 Å². The average molecular weight is 1160 g/mol. The van der Waals surface area contributed by atoms with Crippen molar-refractivity contribution in [2.45, 2.75) is 51.4 Å². The third kappa shape index (κ3) is 17.4. The van der Waals surface area contributed by atoms with Crippen LogP contribution in [0, 0.1) is 35.0 Å². The van der Waals surface area contributed by atoms with E-state index in [2.05, 4.69) is 41.5 Å². The predicted molar refractivity (Wildman–Crippen MR) is 288 cm³/mol. The SMILES string of the molecule is C=CC(=O)OCOc1ccc(OC(=O)C2CCC(C(=O)Oc3ccc(OC(=O)C4CCC(C(=O)Oc5ccc(OCOC(=O)C=C)c(OCOC(=O)C=C)c5)CC4)c4sc(/N=N/c5ccc(C#N)cc5)nc34)CC2)cc1OCOC(=O)C=C. The number of thiazole rings is 1. The molecule has 2 fully saturated rings. The number of aromatic nitrogens is 1. The van der Waals surface area contributed by atoms with Crippen molar-refractivity contribution in [3.8, 4) is 52.1 Å². The van der Waals surface area contributed by atoms with E-state index in [1.807, 2.05) is 6.07 Å². The van der Waals surface area contributed by atoms with E-state index >= 15 is 0 Å². The van der Waals surface area contributed by atoms with Gasteiger partial charge in [0, 0.05) is 36.4 Å². The first-order chi connectivity index (χ1) is 40.2. The number of esters is 8. The van der Waals surface area contributed by atoms with Crippen molar-refractivity contribution in [3.05, 3.63) is 129 Å². The number of hydrogen-bond donors (Lipinski definition) is 0. The van der Waals surface area contributed by atoms with Crippen LogP contribution >= 0.6 is 11.3 Å². The lowest BCUT2D eigenvalue weighted by atomic mass is 9.82. The molecule has 430 valence electrons. The molecule has 0 atom stereocenters. The van der Waals surface area contributed by atoms with E-state index in [0.717, 1.165) is 35.6 Å². The Hall–Kier alpha value is -10.2. The highest BCUT2D eigenvalue weighted by Crippen LogP contribution is 2.43. The Labute approximate surface area is 477 Å². The topological polar surface area (TPSA) is 309 Å². The largest absolute Gasteiger partial charge is 0.453 e. The van der Waals surface area contributed by atoms with Crippen molar-refractivity contribution in [3.63, 3.8) is 0 Å². The Bertz CT molecular complexity index is 3170. The van der Waals surface area contributed by atoms with Gasteiger partial charge in [-0.2, -0.15) is 5.26 Å². The summed E-state index contributed by atoms with van der Waals surface area (Å²) in [6.07, 6.45) is 5.98. The third-order valence-corrected chi connectivity index (χ3v) is 13.5. The quantitative estimate of drug-likeness (QED) is 0.0124. The first-order valence-electron chi connectivity index (χ1n) is 25.4. The fourth-order valence-corrected chi connectivity index (χ4v) is 9.03. The van der Waals surface area contributed by atoms with E-state index in [1.165, 1.54) is 48.5 Å². The zero-order valence-corrected chi connectivity index (χ0v) is 45.0. The lowest BCUT2D eigenvalue weighted by molar-refractivity contribution is -0.146. The molecule has 5 aromatic rings. The van der Waals surface area contributed by atoms with E-state index in [4.69, 9.17) is 56.8 Å². The highest BCUT2D eigenvalue weighted by Gasteiger charge is 2.35. The summed E-state index contributed by atoms with van der Waals surface area (Å²) in [6.45, 7) is 11.2. The fraction of sp³-hybridized carbons (Fsp3) is 0.276. The van der Waals surface area contributed by atoms with Crippen molar-refractivity contribution in [2.24, 2.45) is 33.9 Å². The Kier molecular flexibility index (Phi) is 21.7. The van der Waals surface area contributed by atoms with Crippen molar-refractivity contribution in [1.29, 1.82) is 5.26 Å². The van der Waals surface area contributed by atoms with Crippen molar-refractivity contribution < 1.29 is 95.2 Å². The molecule has 1 aromatic heterocycles. The minimum atomic E-state index is -0.755. The predicted octanol–water partition coefficient (Wildman–Crippen LogP) is 9.48. The molecule has 24 nitrogen and oxygen atoms in total. The molecule has 0 N–H and O–H groups in total. The summed E-state index contributed by atoms with van der Waals surface area (Å²) in [5.41, 5.74) is 1.00. The number of carbonyl (C=O) groups excluding carboxylic acids is 8. The fourth-order valence-electron chi connectivity index (χ4n) is 8.18. The number of nitriles is 1. The second-order valence-corrected chi connectivity index (χ2v) is 18.8. The molecular formula is C58H52N4O20S. The number of ether oxygens (including phenoxy) is 12. The maximum Gasteiger partial charge on any atom is 0.333 e. The van der Waals surface area contributed by atoms with Gasteiger partial charge in [0.25, 0.3) is 0 Å². The second kappa shape index (κ2) is 29.8. The highest BCUT2D eigenvalue weighted by molar-refractivity contribution is 7.22. The van der Waals surface area contributed by atoms with Gasteiger partial charge in [-0.1, -0.05) is 37.7 Å². The monoisotopic (exact) mass is 1160 g/mol. The highest BCUT2D eigenvalue weighted by atomic mass is 32.1. The molecule has 83 heavy (non-hydrogen) atoms. The van der Waals surface area contributed by atoms with Gasteiger partial charge >= 0.3 is 47.8 Å². The summed E-state index contributed by atoms with van der Waals surface area (Å²) < 4.78 is 65.1. The Morgan fingerprint density at radius 2 is 0.843 bits per heavy atom. The van der Waals surface area contributed by atoms with Crippen LogP contribution in [0.1, 0.15) is 56.9 Å². The molecule has 0 aliphatic heterocycles. The standard InChI is InChI=1S/C58H52N4O20S/c1-5-48(63)75-30-71-42-23-21-40(27-46(42)73-32-77-50(65)7-3)79-54(67)35-11-15-37(16-12-35)56(69)81-44-25-26-45(53-52(44)60-58(83-53)62-61-39-19-9-34(29-59)10-20-39)82-57(70)38-17-13-36(14-18-38)55(68)80-41-22-24-43(72-31-76-49(64)6-2)47(28-41)74-33-78-51(66)8-4/h5-10,19-28,35-38H,1-4,11-18,30-33H2/b62-61+. The lowest BCUT2D eigenvalue weighted by Gasteiger charge is -2.26. The molecule has 0 saturated heterocycles. The molecule has 7 rings (SSSR count). The van der Waals surface area contributed by atoms with Crippen molar-refractivity contribution in [1.82, 2.24) is 4.98 Å². The van der Waals surface area contributed by atoms with E-state index in [9.17, 15) is 43.6 Å². The van der Waals surface area contributed by atoms with Crippen LogP contribution in [0.15, 0.2) is 134 Å². The van der Waals surface area contributed by atoms with Crippen LogP contribution < -0.4 is 37.9 Å². The Morgan fingerprint density at radius 1 is 0.482 bits per heavy atom. The maximum atomic E-state index is 13.8. The molecule has 25 heteroatoms. The lowest BCUT2D eigenvalue weighted by Crippen LogP contribution is -2.30. The Morgan fingerprint density at radius 3 is 1.24 bits per heavy atom. The van der Waals surface area contributed by atoms with E-state index < -0.39 is 98.6 Å². The summed E-state index contributed by atoms with van der Waals surface area (Å²) in [7, 11) is 0. The zero-order valence-electron chi connectivity index (χ0n) is 44.2. The number of nitrogens with zero attached hydrogens (tertiary/aromatic N) is 4. The summed E-state index contributed by atoms with van der Waals surface area (Å²) >= 11 is 1.02. The van der Waals surface area contributed by atoms with E-state index in [1.54, 1.807) is 24.3 Å². The number of azo groups is 1. The minimum Gasteiger partial charge on any atom is -0.453 e. The number of rotatable bonds is 26. The minimum absolute atomic E-state index is 0.00473. The van der Waals surface area contributed by atoms with Gasteiger partial charge in [-0.15, -0.1) is 10.2 Å². The maximum absolute atomic E-state index is 13.8. The molecule has 4 aromatic carbocycles. The average Bonchev–Trinajstić information content (AvgIpc) is 4.23.